The lowest BCUT2D eigenvalue weighted by molar-refractivity contribution is -0.133. The van der Waals surface area contributed by atoms with E-state index in [-0.39, 0.29) is 23.7 Å². The second kappa shape index (κ2) is 5.94. The Bertz CT molecular complexity index is 1010. The van der Waals surface area contributed by atoms with E-state index in [0.29, 0.717) is 22.9 Å². The maximum atomic E-state index is 12.9. The molecule has 1 saturated heterocycles. The van der Waals surface area contributed by atoms with Crippen LogP contribution in [0.2, 0.25) is 0 Å². The zero-order valence-electron chi connectivity index (χ0n) is 14.3. The summed E-state index contributed by atoms with van der Waals surface area (Å²) in [6.45, 7) is 5.47. The van der Waals surface area contributed by atoms with E-state index in [1.807, 2.05) is 4.90 Å². The Hall–Kier alpha value is -2.77. The van der Waals surface area contributed by atoms with E-state index in [0.717, 1.165) is 25.9 Å². The second-order valence-corrected chi connectivity index (χ2v) is 6.71. The van der Waals surface area contributed by atoms with Gasteiger partial charge in [-0.05, 0) is 37.8 Å². The van der Waals surface area contributed by atoms with Crippen LogP contribution in [0, 0.1) is 12.8 Å². The Morgan fingerprint density at radius 1 is 1.24 bits per heavy atom. The molecule has 1 aliphatic heterocycles. The molecule has 0 aromatic carbocycles. The molecule has 1 amide bonds. The van der Waals surface area contributed by atoms with Crippen molar-refractivity contribution in [1.82, 2.24) is 29.0 Å². The number of rotatable bonds is 2. The molecule has 4 rings (SSSR count). The molecule has 8 nitrogen and oxygen atoms in total. The van der Waals surface area contributed by atoms with Gasteiger partial charge in [0.25, 0.3) is 5.56 Å². The smallest absolute Gasteiger partial charge is 0.297 e. The van der Waals surface area contributed by atoms with E-state index in [9.17, 15) is 9.59 Å². The van der Waals surface area contributed by atoms with Crippen molar-refractivity contribution in [3.8, 4) is 0 Å². The van der Waals surface area contributed by atoms with Crippen molar-refractivity contribution >= 4 is 22.7 Å². The van der Waals surface area contributed by atoms with Gasteiger partial charge in [-0.1, -0.05) is 6.92 Å². The first-order valence-corrected chi connectivity index (χ1v) is 8.53. The number of likely N-dealkylation sites (tertiary alicyclic amines) is 1. The van der Waals surface area contributed by atoms with Gasteiger partial charge in [-0.25, -0.2) is 4.98 Å². The summed E-state index contributed by atoms with van der Waals surface area (Å²) in [6, 6.07) is 3.56. The van der Waals surface area contributed by atoms with Crippen molar-refractivity contribution in [2.75, 3.05) is 13.1 Å². The molecule has 0 atom stereocenters. The average molecular weight is 340 g/mol. The maximum Gasteiger partial charge on any atom is 0.297 e. The number of pyridine rings is 1. The monoisotopic (exact) mass is 340 g/mol. The number of fused-ring (bicyclic) bond motifs is 3. The molecule has 0 N–H and O–H groups in total. The number of hydrogen-bond donors (Lipinski definition) is 0. The number of amides is 1. The van der Waals surface area contributed by atoms with Crippen LogP contribution in [0.25, 0.3) is 16.8 Å². The number of carbonyl (C=O) groups excluding carboxylic acids is 1. The Balaban J connectivity index is 1.80. The molecule has 1 fully saturated rings. The summed E-state index contributed by atoms with van der Waals surface area (Å²) < 4.78 is 3.10. The van der Waals surface area contributed by atoms with Crippen LogP contribution in [0.4, 0.5) is 0 Å². The van der Waals surface area contributed by atoms with Crippen molar-refractivity contribution in [3.63, 3.8) is 0 Å². The second-order valence-electron chi connectivity index (χ2n) is 6.71. The molecule has 3 aromatic heterocycles. The SMILES string of the molecule is Cc1nnc2c(=O)n(CC(=O)N3CCC(C)CC3)c3cccnc3n12. The molecule has 0 unspecified atom stereocenters. The first-order chi connectivity index (χ1) is 12.1. The predicted molar refractivity (Wildman–Crippen MR) is 92.3 cm³/mol. The lowest BCUT2D eigenvalue weighted by Gasteiger charge is -2.30. The first-order valence-electron chi connectivity index (χ1n) is 8.53. The van der Waals surface area contributed by atoms with Crippen molar-refractivity contribution in [1.29, 1.82) is 0 Å². The number of hydrogen-bond acceptors (Lipinski definition) is 5. The van der Waals surface area contributed by atoms with Gasteiger partial charge in [0.05, 0.1) is 5.52 Å². The summed E-state index contributed by atoms with van der Waals surface area (Å²) >= 11 is 0. The number of carbonyl (C=O) groups is 1. The van der Waals surface area contributed by atoms with Gasteiger partial charge in [0.2, 0.25) is 11.6 Å². The van der Waals surface area contributed by atoms with E-state index in [1.54, 1.807) is 29.7 Å². The summed E-state index contributed by atoms with van der Waals surface area (Å²) in [6.07, 6.45) is 3.67. The van der Waals surface area contributed by atoms with Gasteiger partial charge in [-0.15, -0.1) is 10.2 Å². The lowest BCUT2D eigenvalue weighted by atomic mass is 9.99. The zero-order chi connectivity index (χ0) is 17.6. The van der Waals surface area contributed by atoms with Gasteiger partial charge in [0, 0.05) is 19.3 Å². The summed E-state index contributed by atoms with van der Waals surface area (Å²) in [5.74, 6) is 1.20. The Kier molecular flexibility index (Phi) is 3.74. The normalized spacial score (nSPS) is 16.0. The fourth-order valence-corrected chi connectivity index (χ4v) is 3.41. The van der Waals surface area contributed by atoms with E-state index < -0.39 is 0 Å². The fourth-order valence-electron chi connectivity index (χ4n) is 3.41. The minimum atomic E-state index is -0.320. The van der Waals surface area contributed by atoms with Crippen LogP contribution in [0.3, 0.4) is 0 Å². The summed E-state index contributed by atoms with van der Waals surface area (Å²) in [5, 5.41) is 7.96. The Labute approximate surface area is 144 Å². The summed E-state index contributed by atoms with van der Waals surface area (Å²) in [4.78, 5) is 31.8. The molecule has 4 heterocycles. The van der Waals surface area contributed by atoms with Gasteiger partial charge in [-0.2, -0.15) is 0 Å². The quantitative estimate of drug-likeness (QED) is 0.695. The standard InChI is InChI=1S/C17H20N6O2/c1-11-5-8-21(9-6-11)14(24)10-22-13-4-3-7-18-15(13)23-12(2)19-20-16(23)17(22)25/h3-4,7,11H,5-6,8-10H2,1-2H3. The molecule has 0 radical (unpaired) electrons. The largest absolute Gasteiger partial charge is 0.341 e. The maximum absolute atomic E-state index is 12.9. The third-order valence-electron chi connectivity index (χ3n) is 4.96. The van der Waals surface area contributed by atoms with Crippen LogP contribution < -0.4 is 5.56 Å². The molecule has 0 bridgehead atoms. The van der Waals surface area contributed by atoms with Crippen LogP contribution >= 0.6 is 0 Å². The van der Waals surface area contributed by atoms with E-state index in [2.05, 4.69) is 22.1 Å². The van der Waals surface area contributed by atoms with E-state index in [1.165, 1.54) is 4.57 Å². The van der Waals surface area contributed by atoms with Crippen molar-refractivity contribution < 1.29 is 4.79 Å². The van der Waals surface area contributed by atoms with E-state index in [4.69, 9.17) is 0 Å². The van der Waals surface area contributed by atoms with Crippen LogP contribution in [0.15, 0.2) is 23.1 Å². The van der Waals surface area contributed by atoms with Crippen molar-refractivity contribution in [3.05, 3.63) is 34.5 Å². The highest BCUT2D eigenvalue weighted by molar-refractivity contribution is 5.80. The molecule has 8 heteroatoms. The summed E-state index contributed by atoms with van der Waals surface area (Å²) in [7, 11) is 0. The molecular weight excluding hydrogens is 320 g/mol. The van der Waals surface area contributed by atoms with Gasteiger partial charge < -0.3 is 4.90 Å². The zero-order valence-corrected chi connectivity index (χ0v) is 14.3. The minimum Gasteiger partial charge on any atom is -0.341 e. The van der Waals surface area contributed by atoms with Crippen LogP contribution in [0.1, 0.15) is 25.6 Å². The van der Waals surface area contributed by atoms with Gasteiger partial charge >= 0.3 is 0 Å². The lowest BCUT2D eigenvalue weighted by Crippen LogP contribution is -2.41. The molecule has 0 spiro atoms. The van der Waals surface area contributed by atoms with Crippen LogP contribution in [-0.4, -0.2) is 48.0 Å². The Morgan fingerprint density at radius 2 is 2.00 bits per heavy atom. The fraction of sp³-hybridized carbons (Fsp3) is 0.471. The van der Waals surface area contributed by atoms with Crippen LogP contribution in [-0.2, 0) is 11.3 Å². The first kappa shape index (κ1) is 15.7. The number of nitrogens with zero attached hydrogens (tertiary/aromatic N) is 6. The topological polar surface area (TPSA) is 85.4 Å². The minimum absolute atomic E-state index is 0.00217. The van der Waals surface area contributed by atoms with E-state index >= 15 is 0 Å². The highest BCUT2D eigenvalue weighted by atomic mass is 16.2. The molecule has 1 aliphatic rings. The van der Waals surface area contributed by atoms with Crippen molar-refractivity contribution in [2.45, 2.75) is 33.2 Å². The van der Waals surface area contributed by atoms with Gasteiger partial charge in [0.15, 0.2) is 5.65 Å². The molecule has 0 aliphatic carbocycles. The molecule has 0 saturated carbocycles. The van der Waals surface area contributed by atoms with Gasteiger partial charge in [-0.3, -0.25) is 18.6 Å². The van der Waals surface area contributed by atoms with Gasteiger partial charge in [0.1, 0.15) is 12.4 Å². The average Bonchev–Trinajstić information content (AvgIpc) is 3.01. The van der Waals surface area contributed by atoms with Crippen LogP contribution in [0.5, 0.6) is 0 Å². The molecule has 25 heavy (non-hydrogen) atoms. The third-order valence-corrected chi connectivity index (χ3v) is 4.96. The van der Waals surface area contributed by atoms with Crippen molar-refractivity contribution in [2.24, 2.45) is 5.92 Å². The summed E-state index contributed by atoms with van der Waals surface area (Å²) in [5.41, 5.74) is 1.07. The highest BCUT2D eigenvalue weighted by Crippen LogP contribution is 2.17. The Morgan fingerprint density at radius 3 is 2.76 bits per heavy atom. The number of aryl methyl sites for hydroxylation is 1. The molecular formula is C17H20N6O2. The molecule has 130 valence electrons. The number of aromatic nitrogens is 5. The molecule has 3 aromatic rings. The number of piperidine rings is 1. The highest BCUT2D eigenvalue weighted by Gasteiger charge is 2.23. The third kappa shape index (κ3) is 2.57. The predicted octanol–water partition coefficient (Wildman–Crippen LogP) is 1.01.